The standard InChI is InChI=1S/C18H15F4NO3S/c1-23(13-7-8-16(19)15(11-13)18(20,21)22)27(25)14-5-3-4-12(10-14)6-9-17(24)26-2/h3-11H,1-2H3/b9-6+. The third kappa shape index (κ3) is 5.16. The number of alkyl halides is 3. The molecule has 0 heterocycles. The van der Waals surface area contributed by atoms with E-state index in [1.54, 1.807) is 12.1 Å². The van der Waals surface area contributed by atoms with Crippen molar-refractivity contribution in [2.75, 3.05) is 18.5 Å². The Kier molecular flexibility index (Phi) is 6.37. The van der Waals surface area contributed by atoms with Gasteiger partial charge in [-0.2, -0.15) is 13.2 Å². The molecule has 0 spiro atoms. The molecule has 0 radical (unpaired) electrons. The van der Waals surface area contributed by atoms with E-state index in [9.17, 15) is 26.6 Å². The predicted molar refractivity (Wildman–Crippen MR) is 93.7 cm³/mol. The minimum absolute atomic E-state index is 0.0578. The van der Waals surface area contributed by atoms with Crippen LogP contribution in [0.4, 0.5) is 23.2 Å². The van der Waals surface area contributed by atoms with E-state index in [4.69, 9.17) is 0 Å². The molecular formula is C18H15F4NO3S. The molecule has 9 heteroatoms. The molecule has 0 aliphatic rings. The predicted octanol–water partition coefficient (Wildman–Crippen LogP) is 4.19. The van der Waals surface area contributed by atoms with Crippen molar-refractivity contribution in [2.45, 2.75) is 11.1 Å². The Hall–Kier alpha value is -2.68. The van der Waals surface area contributed by atoms with Crippen LogP contribution in [0.5, 0.6) is 0 Å². The van der Waals surface area contributed by atoms with Crippen molar-refractivity contribution in [2.24, 2.45) is 0 Å². The van der Waals surface area contributed by atoms with Gasteiger partial charge in [0.15, 0.2) is 11.0 Å². The maximum absolute atomic E-state index is 13.4. The van der Waals surface area contributed by atoms with E-state index in [2.05, 4.69) is 4.74 Å². The monoisotopic (exact) mass is 401 g/mol. The highest BCUT2D eigenvalue weighted by molar-refractivity contribution is 7.86. The number of ether oxygens (including phenoxy) is 1. The highest BCUT2D eigenvalue weighted by Crippen LogP contribution is 2.34. The molecule has 0 N–H and O–H groups in total. The third-order valence-corrected chi connectivity index (χ3v) is 4.91. The number of rotatable bonds is 5. The normalized spacial score (nSPS) is 12.8. The quantitative estimate of drug-likeness (QED) is 0.429. The van der Waals surface area contributed by atoms with Crippen molar-refractivity contribution in [3.63, 3.8) is 0 Å². The molecule has 0 saturated carbocycles. The molecule has 0 fully saturated rings. The second-order valence-corrected chi connectivity index (χ2v) is 6.85. The SMILES string of the molecule is COC(=O)/C=C/c1cccc(S(=O)N(C)c2ccc(F)c(C(F)(F)F)c2)c1. The molecule has 0 aliphatic carbocycles. The number of hydrogen-bond donors (Lipinski definition) is 0. The van der Waals surface area contributed by atoms with E-state index >= 15 is 0 Å². The fourth-order valence-electron chi connectivity index (χ4n) is 2.14. The lowest BCUT2D eigenvalue weighted by Crippen LogP contribution is -2.21. The number of nitrogens with zero attached hydrogens (tertiary/aromatic N) is 1. The molecule has 27 heavy (non-hydrogen) atoms. The minimum Gasteiger partial charge on any atom is -0.466 e. The highest BCUT2D eigenvalue weighted by Gasteiger charge is 2.34. The van der Waals surface area contributed by atoms with Crippen LogP contribution >= 0.6 is 0 Å². The molecular weight excluding hydrogens is 386 g/mol. The Morgan fingerprint density at radius 2 is 1.89 bits per heavy atom. The summed E-state index contributed by atoms with van der Waals surface area (Å²) in [4.78, 5) is 11.4. The van der Waals surface area contributed by atoms with Gasteiger partial charge in [0.25, 0.3) is 0 Å². The maximum Gasteiger partial charge on any atom is 0.419 e. The molecule has 144 valence electrons. The van der Waals surface area contributed by atoms with Crippen LogP contribution in [-0.2, 0) is 26.7 Å². The van der Waals surface area contributed by atoms with Gasteiger partial charge in [-0.25, -0.2) is 13.4 Å². The summed E-state index contributed by atoms with van der Waals surface area (Å²) >= 11 is 0. The number of methoxy groups -OCH3 is 1. The zero-order chi connectivity index (χ0) is 20.2. The molecule has 1 unspecified atom stereocenters. The van der Waals surface area contributed by atoms with Crippen molar-refractivity contribution < 1.29 is 31.3 Å². The van der Waals surface area contributed by atoms with Crippen molar-refractivity contribution in [1.29, 1.82) is 0 Å². The lowest BCUT2D eigenvalue weighted by Gasteiger charge is -2.20. The molecule has 2 aromatic carbocycles. The second kappa shape index (κ2) is 8.34. The summed E-state index contributed by atoms with van der Waals surface area (Å²) in [6.07, 6.45) is -2.23. The summed E-state index contributed by atoms with van der Waals surface area (Å²) < 4.78 is 70.3. The Morgan fingerprint density at radius 3 is 2.52 bits per heavy atom. The average molecular weight is 401 g/mol. The molecule has 0 aliphatic heterocycles. The number of esters is 1. The van der Waals surface area contributed by atoms with E-state index in [0.29, 0.717) is 22.6 Å². The Morgan fingerprint density at radius 1 is 1.19 bits per heavy atom. The van der Waals surface area contributed by atoms with Gasteiger partial charge in [-0.1, -0.05) is 12.1 Å². The Labute approximate surface area is 155 Å². The van der Waals surface area contributed by atoms with E-state index in [1.807, 2.05) is 0 Å². The van der Waals surface area contributed by atoms with Crippen LogP contribution in [0.1, 0.15) is 11.1 Å². The second-order valence-electron chi connectivity index (χ2n) is 5.34. The smallest absolute Gasteiger partial charge is 0.419 e. The van der Waals surface area contributed by atoms with Gasteiger partial charge in [0, 0.05) is 13.1 Å². The first-order chi connectivity index (χ1) is 12.6. The number of carbonyl (C=O) groups is 1. The maximum atomic E-state index is 13.4. The summed E-state index contributed by atoms with van der Waals surface area (Å²) in [6.45, 7) is 0. The average Bonchev–Trinajstić information content (AvgIpc) is 2.64. The zero-order valence-corrected chi connectivity index (χ0v) is 15.1. The number of benzene rings is 2. The molecule has 0 amide bonds. The van der Waals surface area contributed by atoms with Crippen LogP contribution in [0.25, 0.3) is 6.08 Å². The molecule has 2 rings (SSSR count). The van der Waals surface area contributed by atoms with Crippen LogP contribution in [0.2, 0.25) is 0 Å². The molecule has 2 aromatic rings. The van der Waals surface area contributed by atoms with Gasteiger partial charge in [-0.05, 0) is 42.0 Å². The van der Waals surface area contributed by atoms with Gasteiger partial charge in [-0.3, -0.25) is 4.31 Å². The van der Waals surface area contributed by atoms with Crippen LogP contribution in [0, 0.1) is 5.82 Å². The van der Waals surface area contributed by atoms with Crippen molar-refractivity contribution in [3.8, 4) is 0 Å². The van der Waals surface area contributed by atoms with Crippen molar-refractivity contribution >= 4 is 28.7 Å². The van der Waals surface area contributed by atoms with E-state index in [-0.39, 0.29) is 5.69 Å². The fraction of sp³-hybridized carbons (Fsp3) is 0.167. The van der Waals surface area contributed by atoms with Crippen LogP contribution in [0.3, 0.4) is 0 Å². The fourth-order valence-corrected chi connectivity index (χ4v) is 3.19. The van der Waals surface area contributed by atoms with Crippen LogP contribution in [-0.4, -0.2) is 24.3 Å². The van der Waals surface area contributed by atoms with Gasteiger partial charge < -0.3 is 4.74 Å². The van der Waals surface area contributed by atoms with Crippen LogP contribution < -0.4 is 4.31 Å². The van der Waals surface area contributed by atoms with E-state index in [0.717, 1.165) is 10.4 Å². The Bertz CT molecular complexity index is 896. The van der Waals surface area contributed by atoms with E-state index in [1.165, 1.54) is 38.4 Å². The number of hydrogen-bond acceptors (Lipinski definition) is 3. The van der Waals surface area contributed by atoms with Gasteiger partial charge in [0.1, 0.15) is 5.82 Å². The third-order valence-electron chi connectivity index (χ3n) is 3.54. The topological polar surface area (TPSA) is 46.6 Å². The number of anilines is 1. The van der Waals surface area contributed by atoms with Gasteiger partial charge in [0.2, 0.25) is 0 Å². The zero-order valence-electron chi connectivity index (χ0n) is 14.3. The summed E-state index contributed by atoms with van der Waals surface area (Å²) in [5.74, 6) is -1.97. The Balaban J connectivity index is 2.30. The number of carbonyl (C=O) groups excluding carboxylic acids is 1. The first-order valence-electron chi connectivity index (χ1n) is 7.52. The number of halogens is 4. The largest absolute Gasteiger partial charge is 0.466 e. The van der Waals surface area contributed by atoms with Gasteiger partial charge >= 0.3 is 12.1 Å². The van der Waals surface area contributed by atoms with Crippen molar-refractivity contribution in [3.05, 3.63) is 65.5 Å². The lowest BCUT2D eigenvalue weighted by atomic mass is 10.2. The first-order valence-corrected chi connectivity index (χ1v) is 8.62. The van der Waals surface area contributed by atoms with Gasteiger partial charge in [0.05, 0.1) is 23.3 Å². The molecule has 0 bridgehead atoms. The molecule has 0 saturated heterocycles. The summed E-state index contributed by atoms with van der Waals surface area (Å²) in [5.41, 5.74) is -0.939. The van der Waals surface area contributed by atoms with Crippen LogP contribution in [0.15, 0.2) is 53.4 Å². The van der Waals surface area contributed by atoms with E-state index < -0.39 is 34.5 Å². The lowest BCUT2D eigenvalue weighted by molar-refractivity contribution is -0.140. The minimum atomic E-state index is -4.86. The van der Waals surface area contributed by atoms with Crippen molar-refractivity contribution in [1.82, 2.24) is 0 Å². The molecule has 1 atom stereocenters. The molecule has 0 aromatic heterocycles. The molecule has 4 nitrogen and oxygen atoms in total. The summed E-state index contributed by atoms with van der Waals surface area (Å²) in [7, 11) is 0.707. The first kappa shape index (κ1) is 20.6. The summed E-state index contributed by atoms with van der Waals surface area (Å²) in [6, 6.07) is 8.68. The van der Waals surface area contributed by atoms with Gasteiger partial charge in [-0.15, -0.1) is 0 Å². The highest BCUT2D eigenvalue weighted by atomic mass is 32.2. The summed E-state index contributed by atoms with van der Waals surface area (Å²) in [5, 5.41) is 0.